The molecule has 1 heterocycles. The molecule has 0 saturated carbocycles. The van der Waals surface area contributed by atoms with Gasteiger partial charge in [0.15, 0.2) is 0 Å². The largest absolute Gasteiger partial charge is 0.480 e. The van der Waals surface area contributed by atoms with Gasteiger partial charge < -0.3 is 20.5 Å². The Morgan fingerprint density at radius 2 is 2.14 bits per heavy atom. The Balaban J connectivity index is 1.86. The van der Waals surface area contributed by atoms with Gasteiger partial charge >= 0.3 is 5.97 Å². The smallest absolute Gasteiger partial charge is 0.326 e. The number of morpholine rings is 1. The molecule has 0 spiro atoms. The van der Waals surface area contributed by atoms with Crippen LogP contribution in [-0.2, 0) is 20.7 Å². The molecule has 1 aromatic rings. The number of hydrogen-bond donors (Lipinski definition) is 3. The van der Waals surface area contributed by atoms with Crippen molar-refractivity contribution < 1.29 is 19.4 Å². The molecule has 0 aromatic heterocycles. The van der Waals surface area contributed by atoms with Crippen molar-refractivity contribution in [2.45, 2.75) is 25.0 Å². The third kappa shape index (κ3) is 4.84. The van der Waals surface area contributed by atoms with Crippen molar-refractivity contribution in [1.29, 1.82) is 0 Å². The van der Waals surface area contributed by atoms with E-state index in [0.717, 1.165) is 5.56 Å². The second kappa shape index (κ2) is 7.75. The van der Waals surface area contributed by atoms with Crippen LogP contribution in [-0.4, -0.2) is 48.8 Å². The van der Waals surface area contributed by atoms with Crippen LogP contribution in [0.2, 0.25) is 0 Å². The molecule has 0 bridgehead atoms. The number of ether oxygens (including phenoxy) is 1. The Labute approximate surface area is 123 Å². The van der Waals surface area contributed by atoms with Crippen molar-refractivity contribution in [3.8, 4) is 0 Å². The molecular weight excluding hydrogens is 272 g/mol. The number of benzene rings is 1. The van der Waals surface area contributed by atoms with Gasteiger partial charge in [0.25, 0.3) is 5.91 Å². The molecule has 2 rings (SSSR count). The van der Waals surface area contributed by atoms with Crippen LogP contribution in [0, 0.1) is 0 Å². The molecular formula is C15H20N2O4. The third-order valence-corrected chi connectivity index (χ3v) is 3.40. The van der Waals surface area contributed by atoms with Crippen LogP contribution in [0.4, 0.5) is 0 Å². The Morgan fingerprint density at radius 1 is 1.38 bits per heavy atom. The number of carboxylic acids is 1. The van der Waals surface area contributed by atoms with Gasteiger partial charge in [0, 0.05) is 13.1 Å². The summed E-state index contributed by atoms with van der Waals surface area (Å²) >= 11 is 0. The van der Waals surface area contributed by atoms with Crippen molar-refractivity contribution >= 4 is 11.9 Å². The van der Waals surface area contributed by atoms with E-state index in [0.29, 0.717) is 32.5 Å². The van der Waals surface area contributed by atoms with E-state index in [4.69, 9.17) is 4.74 Å². The van der Waals surface area contributed by atoms with Crippen molar-refractivity contribution in [2.24, 2.45) is 0 Å². The number of aliphatic carboxylic acids is 1. The first-order chi connectivity index (χ1) is 10.2. The number of carboxylic acid groups (broad SMARTS) is 1. The van der Waals surface area contributed by atoms with E-state index >= 15 is 0 Å². The number of amides is 1. The molecule has 1 saturated heterocycles. The minimum absolute atomic E-state index is 0.352. The monoisotopic (exact) mass is 292 g/mol. The standard InChI is InChI=1S/C15H20N2O4/c18-14(13-10-16-8-9-21-13)17-12(15(19)20)7-6-11-4-2-1-3-5-11/h1-5,12-13,16H,6-10H2,(H,17,18)(H,19,20). The van der Waals surface area contributed by atoms with Crippen molar-refractivity contribution in [2.75, 3.05) is 19.7 Å². The lowest BCUT2D eigenvalue weighted by atomic mass is 10.0. The molecule has 3 N–H and O–H groups in total. The first kappa shape index (κ1) is 15.5. The molecule has 2 atom stereocenters. The van der Waals surface area contributed by atoms with Crippen LogP contribution in [0.5, 0.6) is 0 Å². The van der Waals surface area contributed by atoms with Gasteiger partial charge in [-0.1, -0.05) is 30.3 Å². The fraction of sp³-hybridized carbons (Fsp3) is 0.467. The lowest BCUT2D eigenvalue weighted by Crippen LogP contribution is -2.52. The van der Waals surface area contributed by atoms with Gasteiger partial charge in [-0.25, -0.2) is 4.79 Å². The fourth-order valence-corrected chi connectivity index (χ4v) is 2.21. The summed E-state index contributed by atoms with van der Waals surface area (Å²) in [6, 6.07) is 8.70. The first-order valence-corrected chi connectivity index (χ1v) is 7.06. The lowest BCUT2D eigenvalue weighted by Gasteiger charge is -2.24. The van der Waals surface area contributed by atoms with Crippen LogP contribution in [0.25, 0.3) is 0 Å². The molecule has 1 amide bonds. The predicted octanol–water partition coefficient (Wildman–Crippen LogP) is 0.177. The maximum atomic E-state index is 12.0. The Morgan fingerprint density at radius 3 is 2.76 bits per heavy atom. The van der Waals surface area contributed by atoms with E-state index in [-0.39, 0.29) is 5.91 Å². The predicted molar refractivity (Wildman–Crippen MR) is 76.9 cm³/mol. The highest BCUT2D eigenvalue weighted by molar-refractivity contribution is 5.86. The summed E-state index contributed by atoms with van der Waals surface area (Å²) in [4.78, 5) is 23.3. The summed E-state index contributed by atoms with van der Waals surface area (Å²) in [6.07, 6.45) is 0.338. The number of hydrogen-bond acceptors (Lipinski definition) is 4. The number of rotatable bonds is 6. The van der Waals surface area contributed by atoms with Crippen LogP contribution >= 0.6 is 0 Å². The van der Waals surface area contributed by atoms with Crippen LogP contribution in [0.1, 0.15) is 12.0 Å². The lowest BCUT2D eigenvalue weighted by molar-refractivity contribution is -0.145. The van der Waals surface area contributed by atoms with Gasteiger partial charge in [-0.2, -0.15) is 0 Å². The van der Waals surface area contributed by atoms with Crippen LogP contribution < -0.4 is 10.6 Å². The Kier molecular flexibility index (Phi) is 5.71. The normalized spacial score (nSPS) is 19.7. The van der Waals surface area contributed by atoms with Crippen LogP contribution in [0.3, 0.4) is 0 Å². The maximum Gasteiger partial charge on any atom is 0.326 e. The summed E-state index contributed by atoms with van der Waals surface area (Å²) < 4.78 is 5.32. The number of aryl methyl sites for hydroxylation is 1. The van der Waals surface area contributed by atoms with Crippen molar-refractivity contribution in [3.63, 3.8) is 0 Å². The summed E-state index contributed by atoms with van der Waals surface area (Å²) in [7, 11) is 0. The van der Waals surface area contributed by atoms with Gasteiger partial charge in [-0.3, -0.25) is 4.79 Å². The Hall–Kier alpha value is -1.92. The number of nitrogens with one attached hydrogen (secondary N) is 2. The number of carbonyl (C=O) groups is 2. The van der Waals surface area contributed by atoms with E-state index in [9.17, 15) is 14.7 Å². The van der Waals surface area contributed by atoms with Crippen LogP contribution in [0.15, 0.2) is 30.3 Å². The summed E-state index contributed by atoms with van der Waals surface area (Å²) in [5, 5.41) is 14.8. The molecule has 1 fully saturated rings. The fourth-order valence-electron chi connectivity index (χ4n) is 2.21. The molecule has 2 unspecified atom stereocenters. The second-order valence-corrected chi connectivity index (χ2v) is 4.99. The maximum absolute atomic E-state index is 12.0. The molecule has 21 heavy (non-hydrogen) atoms. The van der Waals surface area contributed by atoms with Gasteiger partial charge in [-0.05, 0) is 18.4 Å². The van der Waals surface area contributed by atoms with E-state index in [1.165, 1.54) is 0 Å². The van der Waals surface area contributed by atoms with E-state index in [1.54, 1.807) is 0 Å². The molecule has 6 nitrogen and oxygen atoms in total. The molecule has 114 valence electrons. The topological polar surface area (TPSA) is 87.7 Å². The average Bonchev–Trinajstić information content (AvgIpc) is 2.52. The van der Waals surface area contributed by atoms with E-state index in [1.807, 2.05) is 30.3 Å². The zero-order chi connectivity index (χ0) is 15.1. The van der Waals surface area contributed by atoms with Gasteiger partial charge in [-0.15, -0.1) is 0 Å². The summed E-state index contributed by atoms with van der Waals surface area (Å²) in [5.74, 6) is -1.40. The highest BCUT2D eigenvalue weighted by Gasteiger charge is 2.26. The molecule has 1 aliphatic heterocycles. The van der Waals surface area contributed by atoms with Gasteiger partial charge in [0.1, 0.15) is 12.1 Å². The minimum atomic E-state index is -1.02. The van der Waals surface area contributed by atoms with Crippen molar-refractivity contribution in [3.05, 3.63) is 35.9 Å². The average molecular weight is 292 g/mol. The zero-order valence-electron chi connectivity index (χ0n) is 11.7. The van der Waals surface area contributed by atoms with E-state index in [2.05, 4.69) is 10.6 Å². The summed E-state index contributed by atoms with van der Waals surface area (Å²) in [6.45, 7) is 1.58. The molecule has 0 radical (unpaired) electrons. The van der Waals surface area contributed by atoms with Gasteiger partial charge in [0.2, 0.25) is 0 Å². The first-order valence-electron chi connectivity index (χ1n) is 7.06. The second-order valence-electron chi connectivity index (χ2n) is 4.99. The van der Waals surface area contributed by atoms with Crippen molar-refractivity contribution in [1.82, 2.24) is 10.6 Å². The quantitative estimate of drug-likeness (QED) is 0.696. The third-order valence-electron chi connectivity index (χ3n) is 3.40. The van der Waals surface area contributed by atoms with Gasteiger partial charge in [0.05, 0.1) is 6.61 Å². The SMILES string of the molecule is O=C(O)C(CCc1ccccc1)NC(=O)C1CNCCO1. The summed E-state index contributed by atoms with van der Waals surface area (Å²) in [5.41, 5.74) is 1.05. The molecule has 1 aromatic carbocycles. The highest BCUT2D eigenvalue weighted by Crippen LogP contribution is 2.06. The minimum Gasteiger partial charge on any atom is -0.480 e. The molecule has 0 aliphatic carbocycles. The molecule has 6 heteroatoms. The number of carbonyl (C=O) groups excluding carboxylic acids is 1. The zero-order valence-corrected chi connectivity index (χ0v) is 11.7. The van der Waals surface area contributed by atoms with E-state index < -0.39 is 18.1 Å². The highest BCUT2D eigenvalue weighted by atomic mass is 16.5. The molecule has 1 aliphatic rings. The Bertz CT molecular complexity index is 472.